The molecule has 100 valence electrons. The molecular formula is C13H12N6O. The van der Waals surface area contributed by atoms with Crippen LogP contribution in [0.25, 0.3) is 0 Å². The van der Waals surface area contributed by atoms with E-state index >= 15 is 0 Å². The summed E-state index contributed by atoms with van der Waals surface area (Å²) in [4.78, 5) is 29.1. The minimum Gasteiger partial charge on any atom is -0.349 e. The standard InChI is InChI=1S/C13H12N6O/c1-8-17-10-2-5-19(7-9(10)13(20)18-8)12-11(6-14)15-3-4-16-12/h3-4H,2,5,7H2,1H3,(H,17,18,20). The quantitative estimate of drug-likeness (QED) is 0.798. The maximum atomic E-state index is 12.0. The van der Waals surface area contributed by atoms with Crippen molar-refractivity contribution in [2.45, 2.75) is 19.9 Å². The number of hydrogen-bond acceptors (Lipinski definition) is 6. The summed E-state index contributed by atoms with van der Waals surface area (Å²) in [5.74, 6) is 1.14. The molecule has 0 bridgehead atoms. The van der Waals surface area contributed by atoms with Gasteiger partial charge in [0.2, 0.25) is 0 Å². The fourth-order valence-corrected chi connectivity index (χ4v) is 2.37. The number of nitrogens with zero attached hydrogens (tertiary/aromatic N) is 5. The van der Waals surface area contributed by atoms with Crippen LogP contribution in [0.15, 0.2) is 17.2 Å². The summed E-state index contributed by atoms with van der Waals surface area (Å²) < 4.78 is 0. The molecule has 3 heterocycles. The van der Waals surface area contributed by atoms with E-state index < -0.39 is 0 Å². The molecule has 7 heteroatoms. The number of aromatic amines is 1. The van der Waals surface area contributed by atoms with Crippen LogP contribution in [0.3, 0.4) is 0 Å². The Kier molecular flexibility index (Phi) is 2.91. The van der Waals surface area contributed by atoms with Crippen molar-refractivity contribution in [1.82, 2.24) is 19.9 Å². The van der Waals surface area contributed by atoms with Crippen molar-refractivity contribution < 1.29 is 0 Å². The van der Waals surface area contributed by atoms with Gasteiger partial charge in [-0.15, -0.1) is 0 Å². The van der Waals surface area contributed by atoms with E-state index in [0.717, 1.165) is 5.69 Å². The van der Waals surface area contributed by atoms with E-state index in [1.807, 2.05) is 11.0 Å². The molecular weight excluding hydrogens is 256 g/mol. The van der Waals surface area contributed by atoms with Crippen LogP contribution in [0.4, 0.5) is 5.82 Å². The van der Waals surface area contributed by atoms with Gasteiger partial charge in [0.15, 0.2) is 11.5 Å². The van der Waals surface area contributed by atoms with Gasteiger partial charge >= 0.3 is 0 Å². The van der Waals surface area contributed by atoms with E-state index in [9.17, 15) is 4.79 Å². The van der Waals surface area contributed by atoms with Crippen molar-refractivity contribution in [3.63, 3.8) is 0 Å². The molecule has 2 aromatic heterocycles. The summed E-state index contributed by atoms with van der Waals surface area (Å²) in [5, 5.41) is 9.08. The number of nitrogens with one attached hydrogen (secondary N) is 1. The lowest BCUT2D eigenvalue weighted by Gasteiger charge is -2.28. The average molecular weight is 268 g/mol. The van der Waals surface area contributed by atoms with Crippen molar-refractivity contribution in [3.05, 3.63) is 45.5 Å². The van der Waals surface area contributed by atoms with Gasteiger partial charge in [0.25, 0.3) is 5.56 Å². The molecule has 0 atom stereocenters. The first-order chi connectivity index (χ1) is 9.69. The third kappa shape index (κ3) is 2.01. The maximum absolute atomic E-state index is 12.0. The molecule has 0 saturated carbocycles. The first-order valence-electron chi connectivity index (χ1n) is 6.24. The molecule has 0 amide bonds. The number of anilines is 1. The topological polar surface area (TPSA) is 98.6 Å². The Balaban J connectivity index is 2.01. The molecule has 7 nitrogen and oxygen atoms in total. The highest BCUT2D eigenvalue weighted by Crippen LogP contribution is 2.21. The zero-order valence-electron chi connectivity index (χ0n) is 10.9. The zero-order valence-corrected chi connectivity index (χ0v) is 10.9. The molecule has 1 N–H and O–H groups in total. The Morgan fingerprint density at radius 1 is 1.40 bits per heavy atom. The lowest BCUT2D eigenvalue weighted by atomic mass is 10.1. The van der Waals surface area contributed by atoms with E-state index in [-0.39, 0.29) is 11.3 Å². The fourth-order valence-electron chi connectivity index (χ4n) is 2.37. The minimum atomic E-state index is -0.125. The molecule has 0 saturated heterocycles. The SMILES string of the molecule is Cc1nc2c(c(=O)[nH]1)CN(c1nccnc1C#N)CC2. The average Bonchev–Trinajstić information content (AvgIpc) is 2.47. The van der Waals surface area contributed by atoms with Gasteiger partial charge in [-0.2, -0.15) is 5.26 Å². The number of aromatic nitrogens is 4. The maximum Gasteiger partial charge on any atom is 0.256 e. The van der Waals surface area contributed by atoms with Crippen molar-refractivity contribution in [1.29, 1.82) is 5.26 Å². The summed E-state index contributed by atoms with van der Waals surface area (Å²) in [7, 11) is 0. The van der Waals surface area contributed by atoms with Gasteiger partial charge in [0.05, 0.1) is 17.8 Å². The lowest BCUT2D eigenvalue weighted by molar-refractivity contribution is 0.681. The van der Waals surface area contributed by atoms with Crippen molar-refractivity contribution in [2.75, 3.05) is 11.4 Å². The smallest absolute Gasteiger partial charge is 0.256 e. The van der Waals surface area contributed by atoms with Gasteiger partial charge in [-0.05, 0) is 6.92 Å². The van der Waals surface area contributed by atoms with Crippen LogP contribution in [0.1, 0.15) is 22.8 Å². The molecule has 3 rings (SSSR count). The Morgan fingerprint density at radius 2 is 2.20 bits per heavy atom. The zero-order chi connectivity index (χ0) is 14.1. The van der Waals surface area contributed by atoms with Crippen LogP contribution in [-0.4, -0.2) is 26.5 Å². The van der Waals surface area contributed by atoms with Gasteiger partial charge in [0.1, 0.15) is 11.9 Å². The van der Waals surface area contributed by atoms with Crippen molar-refractivity contribution in [2.24, 2.45) is 0 Å². The number of fused-ring (bicyclic) bond motifs is 1. The molecule has 2 aromatic rings. The molecule has 1 aliphatic heterocycles. The van der Waals surface area contributed by atoms with Crippen molar-refractivity contribution >= 4 is 5.82 Å². The predicted octanol–water partition coefficient (Wildman–Crippen LogP) is 0.303. The first kappa shape index (κ1) is 12.3. The first-order valence-corrected chi connectivity index (χ1v) is 6.24. The largest absolute Gasteiger partial charge is 0.349 e. The van der Waals surface area contributed by atoms with E-state index in [1.54, 1.807) is 13.1 Å². The van der Waals surface area contributed by atoms with Gasteiger partial charge in [-0.25, -0.2) is 15.0 Å². The Bertz CT molecular complexity index is 760. The van der Waals surface area contributed by atoms with Gasteiger partial charge < -0.3 is 9.88 Å². The van der Waals surface area contributed by atoms with Crippen LogP contribution < -0.4 is 10.5 Å². The highest BCUT2D eigenvalue weighted by molar-refractivity contribution is 5.51. The van der Waals surface area contributed by atoms with Crippen LogP contribution in [0, 0.1) is 18.3 Å². The summed E-state index contributed by atoms with van der Waals surface area (Å²) >= 11 is 0. The molecule has 1 aliphatic rings. The third-order valence-corrected chi connectivity index (χ3v) is 3.27. The number of hydrogen-bond donors (Lipinski definition) is 1. The lowest BCUT2D eigenvalue weighted by Crippen LogP contribution is -2.36. The molecule has 0 aromatic carbocycles. The van der Waals surface area contributed by atoms with E-state index in [4.69, 9.17) is 5.26 Å². The Labute approximate surface area is 114 Å². The van der Waals surface area contributed by atoms with E-state index in [2.05, 4.69) is 19.9 Å². The number of aryl methyl sites for hydroxylation is 1. The summed E-state index contributed by atoms with van der Waals surface area (Å²) in [6.45, 7) is 2.83. The second kappa shape index (κ2) is 4.74. The summed E-state index contributed by atoms with van der Waals surface area (Å²) in [6, 6.07) is 2.02. The summed E-state index contributed by atoms with van der Waals surface area (Å²) in [6.07, 6.45) is 3.68. The molecule has 0 fully saturated rings. The fraction of sp³-hybridized carbons (Fsp3) is 0.308. The highest BCUT2D eigenvalue weighted by atomic mass is 16.1. The van der Waals surface area contributed by atoms with Crippen molar-refractivity contribution in [3.8, 4) is 6.07 Å². The molecule has 20 heavy (non-hydrogen) atoms. The highest BCUT2D eigenvalue weighted by Gasteiger charge is 2.23. The second-order valence-electron chi connectivity index (χ2n) is 4.59. The van der Waals surface area contributed by atoms with E-state index in [1.165, 1.54) is 6.20 Å². The third-order valence-electron chi connectivity index (χ3n) is 3.27. The molecule has 0 aliphatic carbocycles. The predicted molar refractivity (Wildman–Crippen MR) is 71.1 cm³/mol. The number of nitriles is 1. The Morgan fingerprint density at radius 3 is 3.00 bits per heavy atom. The molecule has 0 radical (unpaired) electrons. The van der Waals surface area contributed by atoms with Gasteiger partial charge in [-0.3, -0.25) is 4.79 Å². The van der Waals surface area contributed by atoms with Crippen LogP contribution in [0.2, 0.25) is 0 Å². The minimum absolute atomic E-state index is 0.125. The van der Waals surface area contributed by atoms with Gasteiger partial charge in [-0.1, -0.05) is 0 Å². The van der Waals surface area contributed by atoms with E-state index in [0.29, 0.717) is 36.7 Å². The molecule has 0 spiro atoms. The Hall–Kier alpha value is -2.75. The number of H-pyrrole nitrogens is 1. The summed E-state index contributed by atoms with van der Waals surface area (Å²) in [5.41, 5.74) is 1.60. The molecule has 0 unspecified atom stereocenters. The normalized spacial score (nSPS) is 13.7. The monoisotopic (exact) mass is 268 g/mol. The van der Waals surface area contributed by atoms with Crippen LogP contribution in [0.5, 0.6) is 0 Å². The second-order valence-corrected chi connectivity index (χ2v) is 4.59. The number of rotatable bonds is 1. The van der Waals surface area contributed by atoms with Crippen LogP contribution in [-0.2, 0) is 13.0 Å². The van der Waals surface area contributed by atoms with Gasteiger partial charge in [0, 0.05) is 25.4 Å². The van der Waals surface area contributed by atoms with Crippen LogP contribution >= 0.6 is 0 Å².